The van der Waals surface area contributed by atoms with Crippen LogP contribution in [0.25, 0.3) is 6.08 Å². The number of benzene rings is 1. The van der Waals surface area contributed by atoms with E-state index in [2.05, 4.69) is 50.3 Å². The first-order valence-electron chi connectivity index (χ1n) is 6.06. The van der Waals surface area contributed by atoms with Gasteiger partial charge in [0, 0.05) is 0 Å². The summed E-state index contributed by atoms with van der Waals surface area (Å²) in [5.74, 6) is 0. The molecule has 0 saturated carbocycles. The van der Waals surface area contributed by atoms with Crippen LogP contribution in [0.5, 0.6) is 0 Å². The predicted molar refractivity (Wildman–Crippen MR) is 69.0 cm³/mol. The zero-order chi connectivity index (χ0) is 10.9. The topological polar surface area (TPSA) is 0 Å². The molecule has 0 N–H and O–H groups in total. The highest BCUT2D eigenvalue weighted by Crippen LogP contribution is 2.08. The van der Waals surface area contributed by atoms with E-state index < -0.39 is 0 Å². The Morgan fingerprint density at radius 3 is 2.73 bits per heavy atom. The maximum Gasteiger partial charge on any atom is -0.0257 e. The number of allylic oxidation sites excluding steroid dienone is 1. The van der Waals surface area contributed by atoms with Crippen molar-refractivity contribution in [1.82, 2.24) is 0 Å². The number of unbranched alkanes of at least 4 members (excludes halogenated alkanes) is 4. The molecule has 0 amide bonds. The zero-order valence-electron chi connectivity index (χ0n) is 10.00. The molecule has 1 rings (SSSR count). The van der Waals surface area contributed by atoms with Gasteiger partial charge in [0.15, 0.2) is 0 Å². The third kappa shape index (κ3) is 5.41. The molecule has 0 aliphatic carbocycles. The summed E-state index contributed by atoms with van der Waals surface area (Å²) >= 11 is 0. The first kappa shape index (κ1) is 12.0. The fourth-order valence-corrected chi connectivity index (χ4v) is 1.68. The summed E-state index contributed by atoms with van der Waals surface area (Å²) in [6.07, 6.45) is 11.1. The lowest BCUT2D eigenvalue weighted by molar-refractivity contribution is 0.675. The van der Waals surface area contributed by atoms with E-state index in [-0.39, 0.29) is 0 Å². The Hall–Kier alpha value is -1.04. The minimum Gasteiger partial charge on any atom is -0.0839 e. The van der Waals surface area contributed by atoms with Crippen LogP contribution in [-0.4, -0.2) is 0 Å². The lowest BCUT2D eigenvalue weighted by Gasteiger charge is -1.96. The van der Waals surface area contributed by atoms with E-state index in [4.69, 9.17) is 0 Å². The van der Waals surface area contributed by atoms with Gasteiger partial charge < -0.3 is 0 Å². The van der Waals surface area contributed by atoms with Gasteiger partial charge in [-0.1, -0.05) is 68.2 Å². The Labute approximate surface area is 94.0 Å². The van der Waals surface area contributed by atoms with Gasteiger partial charge in [-0.25, -0.2) is 0 Å². The van der Waals surface area contributed by atoms with E-state index in [0.29, 0.717) is 0 Å². The van der Waals surface area contributed by atoms with Gasteiger partial charge in [-0.05, 0) is 25.3 Å². The van der Waals surface area contributed by atoms with Crippen molar-refractivity contribution in [3.8, 4) is 0 Å². The summed E-state index contributed by atoms with van der Waals surface area (Å²) < 4.78 is 0. The molecule has 0 heteroatoms. The van der Waals surface area contributed by atoms with E-state index in [0.717, 1.165) is 0 Å². The van der Waals surface area contributed by atoms with E-state index in [1.807, 2.05) is 0 Å². The number of rotatable bonds is 6. The smallest absolute Gasteiger partial charge is 0.0257 e. The zero-order valence-corrected chi connectivity index (χ0v) is 10.00. The molecule has 0 nitrogen and oxygen atoms in total. The summed E-state index contributed by atoms with van der Waals surface area (Å²) in [6.45, 7) is 4.39. The Kier molecular flexibility index (Phi) is 5.84. The van der Waals surface area contributed by atoms with E-state index in [1.54, 1.807) is 0 Å². The van der Waals surface area contributed by atoms with Crippen molar-refractivity contribution in [3.63, 3.8) is 0 Å². The van der Waals surface area contributed by atoms with Gasteiger partial charge in [-0.3, -0.25) is 0 Å². The van der Waals surface area contributed by atoms with Crippen molar-refractivity contribution in [2.24, 2.45) is 0 Å². The third-order valence-corrected chi connectivity index (χ3v) is 2.58. The van der Waals surface area contributed by atoms with Crippen molar-refractivity contribution in [2.45, 2.75) is 46.0 Å². The molecule has 0 aromatic heterocycles. The van der Waals surface area contributed by atoms with E-state index >= 15 is 0 Å². The summed E-state index contributed by atoms with van der Waals surface area (Å²) in [4.78, 5) is 0. The van der Waals surface area contributed by atoms with Crippen LogP contribution >= 0.6 is 0 Å². The standard InChI is InChI=1S/C15H22/c1-3-4-5-6-7-8-11-15-12-9-10-14(2)13-15/h8-13H,3-7H2,1-2H3. The second-order valence-corrected chi connectivity index (χ2v) is 4.17. The highest BCUT2D eigenvalue weighted by atomic mass is 13.9. The van der Waals surface area contributed by atoms with Crippen LogP contribution in [-0.2, 0) is 0 Å². The quantitative estimate of drug-likeness (QED) is 0.571. The molecule has 0 aliphatic rings. The lowest BCUT2D eigenvalue weighted by Crippen LogP contribution is -1.76. The second kappa shape index (κ2) is 7.28. The van der Waals surface area contributed by atoms with Gasteiger partial charge in [0.05, 0.1) is 0 Å². The molecule has 1 aromatic rings. The Morgan fingerprint density at radius 2 is 2.00 bits per heavy atom. The summed E-state index contributed by atoms with van der Waals surface area (Å²) in [5, 5.41) is 0. The first-order valence-corrected chi connectivity index (χ1v) is 6.06. The molecule has 0 radical (unpaired) electrons. The molecule has 15 heavy (non-hydrogen) atoms. The lowest BCUT2D eigenvalue weighted by atomic mass is 10.1. The molecule has 0 aliphatic heterocycles. The predicted octanol–water partition coefficient (Wildman–Crippen LogP) is 4.98. The normalized spacial score (nSPS) is 11.1. The largest absolute Gasteiger partial charge is 0.0839 e. The fourth-order valence-electron chi connectivity index (χ4n) is 1.68. The highest BCUT2D eigenvalue weighted by Gasteiger charge is 1.87. The van der Waals surface area contributed by atoms with Crippen LogP contribution < -0.4 is 0 Å². The molecule has 0 spiro atoms. The Bertz CT molecular complexity index is 297. The molecular formula is C15H22. The number of aryl methyl sites for hydroxylation is 1. The van der Waals surface area contributed by atoms with Crippen LogP contribution in [0.15, 0.2) is 30.3 Å². The molecule has 0 saturated heterocycles. The van der Waals surface area contributed by atoms with E-state index in [9.17, 15) is 0 Å². The van der Waals surface area contributed by atoms with Crippen LogP contribution in [0.1, 0.15) is 50.2 Å². The highest BCUT2D eigenvalue weighted by molar-refractivity contribution is 5.49. The average molecular weight is 202 g/mol. The SMILES string of the molecule is CCCCCCC=Cc1cccc(C)c1. The average Bonchev–Trinajstić information content (AvgIpc) is 2.23. The molecule has 0 bridgehead atoms. The van der Waals surface area contributed by atoms with Crippen molar-refractivity contribution >= 4 is 6.08 Å². The fraction of sp³-hybridized carbons (Fsp3) is 0.467. The van der Waals surface area contributed by atoms with Crippen LogP contribution in [0.4, 0.5) is 0 Å². The van der Waals surface area contributed by atoms with Gasteiger partial charge in [0.25, 0.3) is 0 Å². The Balaban J connectivity index is 2.26. The third-order valence-electron chi connectivity index (χ3n) is 2.58. The minimum absolute atomic E-state index is 1.22. The number of hydrogen-bond acceptors (Lipinski definition) is 0. The maximum atomic E-state index is 2.30. The maximum absolute atomic E-state index is 2.30. The second-order valence-electron chi connectivity index (χ2n) is 4.17. The molecule has 0 fully saturated rings. The monoisotopic (exact) mass is 202 g/mol. The van der Waals surface area contributed by atoms with Gasteiger partial charge >= 0.3 is 0 Å². The molecule has 0 unspecified atom stereocenters. The molecule has 0 atom stereocenters. The van der Waals surface area contributed by atoms with Crippen molar-refractivity contribution in [3.05, 3.63) is 41.5 Å². The van der Waals surface area contributed by atoms with E-state index in [1.165, 1.54) is 43.2 Å². The van der Waals surface area contributed by atoms with Gasteiger partial charge in [0.2, 0.25) is 0 Å². The van der Waals surface area contributed by atoms with Gasteiger partial charge in [0.1, 0.15) is 0 Å². The number of hydrogen-bond donors (Lipinski definition) is 0. The minimum atomic E-state index is 1.22. The van der Waals surface area contributed by atoms with Gasteiger partial charge in [-0.15, -0.1) is 0 Å². The summed E-state index contributed by atoms with van der Waals surface area (Å²) in [5.41, 5.74) is 2.66. The summed E-state index contributed by atoms with van der Waals surface area (Å²) in [6, 6.07) is 8.64. The summed E-state index contributed by atoms with van der Waals surface area (Å²) in [7, 11) is 0. The molecule has 82 valence electrons. The van der Waals surface area contributed by atoms with Crippen LogP contribution in [0.3, 0.4) is 0 Å². The molecular weight excluding hydrogens is 180 g/mol. The van der Waals surface area contributed by atoms with Crippen molar-refractivity contribution in [2.75, 3.05) is 0 Å². The molecule has 1 aromatic carbocycles. The first-order chi connectivity index (χ1) is 7.33. The Morgan fingerprint density at radius 1 is 1.13 bits per heavy atom. The van der Waals surface area contributed by atoms with Crippen LogP contribution in [0, 0.1) is 6.92 Å². The van der Waals surface area contributed by atoms with Crippen LogP contribution in [0.2, 0.25) is 0 Å². The van der Waals surface area contributed by atoms with Crippen molar-refractivity contribution < 1.29 is 0 Å². The molecule has 0 heterocycles. The van der Waals surface area contributed by atoms with Crippen molar-refractivity contribution in [1.29, 1.82) is 0 Å². The van der Waals surface area contributed by atoms with Gasteiger partial charge in [-0.2, -0.15) is 0 Å².